The molecule has 9 aromatic rings. The maximum absolute atomic E-state index is 7.01. The number of fused-ring (bicyclic) bond motifs is 4. The van der Waals surface area contributed by atoms with Crippen LogP contribution in [-0.2, 0) is 48.1 Å². The largest absolute Gasteiger partial charge is 0.509 e. The van der Waals surface area contributed by atoms with Crippen molar-refractivity contribution in [2.45, 2.75) is 117 Å². The molecular formula is C66H67N4OPt-3. The maximum atomic E-state index is 7.01. The molecule has 1 aliphatic rings. The first-order chi connectivity index (χ1) is 33.6. The fourth-order valence-corrected chi connectivity index (χ4v) is 9.99. The van der Waals surface area contributed by atoms with Gasteiger partial charge < -0.3 is 19.1 Å². The predicted octanol–water partition coefficient (Wildman–Crippen LogP) is 17.5. The number of pyridine rings is 1. The van der Waals surface area contributed by atoms with E-state index in [1.807, 2.05) is 6.20 Å². The Balaban J connectivity index is 0.00000640. The third-order valence-electron chi connectivity index (χ3n) is 14.8. The van der Waals surface area contributed by atoms with Gasteiger partial charge in [0.05, 0.1) is 0 Å². The van der Waals surface area contributed by atoms with E-state index in [0.717, 1.165) is 55.9 Å². The van der Waals surface area contributed by atoms with Crippen LogP contribution in [0, 0.1) is 18.8 Å². The van der Waals surface area contributed by atoms with E-state index in [1.54, 1.807) is 0 Å². The molecule has 3 heterocycles. The van der Waals surface area contributed by atoms with Gasteiger partial charge in [0.15, 0.2) is 0 Å². The number of nitrogens with zero attached hydrogens (tertiary/aromatic N) is 4. The molecule has 0 N–H and O–H groups in total. The number of anilines is 4. The molecule has 0 spiro atoms. The molecular weight excluding hydrogens is 1060 g/mol. The molecule has 0 saturated carbocycles. The van der Waals surface area contributed by atoms with Crippen LogP contribution < -0.4 is 14.5 Å². The predicted molar refractivity (Wildman–Crippen MR) is 297 cm³/mol. The van der Waals surface area contributed by atoms with Crippen molar-refractivity contribution in [2.24, 2.45) is 0 Å². The van der Waals surface area contributed by atoms with Crippen molar-refractivity contribution in [1.29, 1.82) is 0 Å². The molecule has 1 aliphatic heterocycles. The molecule has 0 radical (unpaired) electrons. The van der Waals surface area contributed by atoms with E-state index in [2.05, 4.69) is 281 Å². The molecule has 5 nitrogen and oxygen atoms in total. The average molecular weight is 1130 g/mol. The van der Waals surface area contributed by atoms with Gasteiger partial charge in [0.1, 0.15) is 5.82 Å². The SMILES string of the molecule is CC(C)(C)c1cc(Oc2[c-]c3c(cc2)c2cc(C(C)(C)c4ccccc4)ccc2n3-c2cc(C(C)(C)C)ccn2)[c-]c(N2[CH-]N(c3cccc(C(C)(C)C)c3)c3ccc(C(C)(C)c4ccccc4)cc32)c1.[Pt]. The molecule has 0 atom stereocenters. The Hall–Kier alpha value is -6.42. The Morgan fingerprint density at radius 2 is 1.04 bits per heavy atom. The second-order valence-corrected chi connectivity index (χ2v) is 23.6. The summed E-state index contributed by atoms with van der Waals surface area (Å²) in [4.78, 5) is 9.61. The zero-order valence-corrected chi connectivity index (χ0v) is 46.5. The Kier molecular flexibility index (Phi) is 13.0. The van der Waals surface area contributed by atoms with E-state index >= 15 is 0 Å². The molecule has 0 unspecified atom stereocenters. The molecule has 370 valence electrons. The van der Waals surface area contributed by atoms with Crippen LogP contribution in [0.4, 0.5) is 22.7 Å². The monoisotopic (exact) mass is 1130 g/mol. The summed E-state index contributed by atoms with van der Waals surface area (Å²) in [5, 5.41) is 2.23. The van der Waals surface area contributed by atoms with Gasteiger partial charge >= 0.3 is 0 Å². The number of benzene rings is 7. The molecule has 0 bridgehead atoms. The molecule has 7 aromatic carbocycles. The van der Waals surface area contributed by atoms with Crippen molar-refractivity contribution in [1.82, 2.24) is 9.55 Å². The maximum Gasteiger partial charge on any atom is 0.135 e. The molecule has 72 heavy (non-hydrogen) atoms. The minimum Gasteiger partial charge on any atom is -0.509 e. The number of rotatable bonds is 9. The van der Waals surface area contributed by atoms with Gasteiger partial charge in [-0.2, -0.15) is 6.07 Å². The average Bonchev–Trinajstić information content (AvgIpc) is 3.89. The van der Waals surface area contributed by atoms with Gasteiger partial charge in [-0.3, -0.25) is 0 Å². The van der Waals surface area contributed by atoms with Crippen molar-refractivity contribution in [3.05, 3.63) is 222 Å². The van der Waals surface area contributed by atoms with Crippen LogP contribution in [0.15, 0.2) is 164 Å². The van der Waals surface area contributed by atoms with E-state index in [0.29, 0.717) is 11.5 Å². The quantitative estimate of drug-likeness (QED) is 0.135. The Morgan fingerprint density at radius 1 is 0.444 bits per heavy atom. The first-order valence-electron chi connectivity index (χ1n) is 25.1. The summed E-state index contributed by atoms with van der Waals surface area (Å²) < 4.78 is 9.26. The van der Waals surface area contributed by atoms with E-state index < -0.39 is 0 Å². The van der Waals surface area contributed by atoms with Crippen LogP contribution in [0.1, 0.15) is 129 Å². The number of hydrogen-bond acceptors (Lipinski definition) is 4. The van der Waals surface area contributed by atoms with Crippen LogP contribution in [0.3, 0.4) is 0 Å². The fraction of sp³-hybridized carbons (Fsp3) is 0.273. The normalized spacial score (nSPS) is 13.4. The summed E-state index contributed by atoms with van der Waals surface area (Å²) in [7, 11) is 0. The van der Waals surface area contributed by atoms with Crippen molar-refractivity contribution >= 4 is 44.6 Å². The van der Waals surface area contributed by atoms with Gasteiger partial charge in [0.25, 0.3) is 0 Å². The Bertz CT molecular complexity index is 3440. The summed E-state index contributed by atoms with van der Waals surface area (Å²) in [5.74, 6) is 2.07. The van der Waals surface area contributed by atoms with Gasteiger partial charge in [-0.05, 0) is 97.5 Å². The second-order valence-electron chi connectivity index (χ2n) is 23.6. The molecule has 0 aliphatic carbocycles. The van der Waals surface area contributed by atoms with E-state index in [1.165, 1.54) is 33.4 Å². The topological polar surface area (TPSA) is 33.5 Å². The van der Waals surface area contributed by atoms with Crippen LogP contribution in [0.2, 0.25) is 0 Å². The minimum atomic E-state index is -0.243. The number of ether oxygens (including phenoxy) is 1. The summed E-state index contributed by atoms with van der Waals surface area (Å²) in [6.45, 7) is 31.8. The smallest absolute Gasteiger partial charge is 0.135 e. The Morgan fingerprint density at radius 3 is 1.68 bits per heavy atom. The minimum absolute atomic E-state index is 0. The van der Waals surface area contributed by atoms with Crippen LogP contribution in [-0.4, -0.2) is 9.55 Å². The van der Waals surface area contributed by atoms with Crippen LogP contribution >= 0.6 is 0 Å². The van der Waals surface area contributed by atoms with Gasteiger partial charge in [0.2, 0.25) is 0 Å². The van der Waals surface area contributed by atoms with Crippen molar-refractivity contribution in [3.63, 3.8) is 0 Å². The molecule has 10 rings (SSSR count). The van der Waals surface area contributed by atoms with Crippen LogP contribution in [0.5, 0.6) is 11.5 Å². The third-order valence-corrected chi connectivity index (χ3v) is 14.8. The van der Waals surface area contributed by atoms with E-state index in [4.69, 9.17) is 9.72 Å². The van der Waals surface area contributed by atoms with Gasteiger partial charge in [0, 0.05) is 72.2 Å². The molecule has 0 saturated heterocycles. The molecule has 0 amide bonds. The van der Waals surface area contributed by atoms with Crippen molar-refractivity contribution < 1.29 is 25.8 Å². The number of aromatic nitrogens is 2. The van der Waals surface area contributed by atoms with E-state index in [-0.39, 0.29) is 48.1 Å². The molecule has 2 aromatic heterocycles. The van der Waals surface area contributed by atoms with Crippen molar-refractivity contribution in [2.75, 3.05) is 9.80 Å². The Labute approximate surface area is 443 Å². The first-order valence-corrected chi connectivity index (χ1v) is 25.1. The van der Waals surface area contributed by atoms with Crippen molar-refractivity contribution in [3.8, 4) is 17.3 Å². The fourth-order valence-electron chi connectivity index (χ4n) is 9.99. The van der Waals surface area contributed by atoms with Crippen LogP contribution in [0.25, 0.3) is 27.6 Å². The standard InChI is InChI=1S/C66H67N4O.Pt/c1-62(2,3)46-25-20-26-51(35-46)68-43-69(60-39-49(28-32-58(60)68)66(12,13)45-23-18-15-19-24-45)52-36-50(64(7,8)9)37-54(41-52)71-53-29-30-55-56-38-48(65(10,11)44-21-16-14-17-22-44)27-31-57(56)70(59(55)42-53)61-40-47(33-34-67-61)63(4,5)6;/h14-40,43H,1-13H3;/q-3;. The van der Waals surface area contributed by atoms with Gasteiger partial charge in [-0.25, -0.2) is 4.98 Å². The third kappa shape index (κ3) is 9.42. The summed E-state index contributed by atoms with van der Waals surface area (Å²) in [6.07, 6.45) is 1.93. The zero-order valence-electron chi connectivity index (χ0n) is 44.2. The molecule has 0 fully saturated rings. The second kappa shape index (κ2) is 18.6. The van der Waals surface area contributed by atoms with Gasteiger partial charge in [-0.1, -0.05) is 187 Å². The number of hydrogen-bond donors (Lipinski definition) is 0. The summed E-state index contributed by atoms with van der Waals surface area (Å²) in [6, 6.07) is 64.8. The first kappa shape index (κ1) is 50.5. The summed E-state index contributed by atoms with van der Waals surface area (Å²) in [5.41, 5.74) is 14.1. The molecule has 6 heteroatoms. The zero-order chi connectivity index (χ0) is 50.3. The summed E-state index contributed by atoms with van der Waals surface area (Å²) >= 11 is 0. The van der Waals surface area contributed by atoms with Gasteiger partial charge in [-0.15, -0.1) is 53.6 Å². The van der Waals surface area contributed by atoms with E-state index in [9.17, 15) is 0 Å².